The van der Waals surface area contributed by atoms with Gasteiger partial charge in [0.15, 0.2) is 5.78 Å². The number of para-hydroxylation sites is 2. The molecular weight excluding hydrogens is 380 g/mol. The van der Waals surface area contributed by atoms with Gasteiger partial charge in [0.2, 0.25) is 0 Å². The Morgan fingerprint density at radius 3 is 2.53 bits per heavy atom. The number of carbonyl (C=O) groups excluding carboxylic acids is 2. The second kappa shape index (κ2) is 7.52. The summed E-state index contributed by atoms with van der Waals surface area (Å²) in [5, 5.41) is 15.2. The van der Waals surface area contributed by atoms with E-state index >= 15 is 0 Å². The Hall–Kier alpha value is -3.28. The minimum Gasteiger partial charge on any atom is -0.548 e. The number of fused-ring (bicyclic) bond motifs is 1. The molecule has 1 aliphatic heterocycles. The first-order valence-corrected chi connectivity index (χ1v) is 10.0. The summed E-state index contributed by atoms with van der Waals surface area (Å²) in [4.78, 5) is 26.8. The van der Waals surface area contributed by atoms with Crippen LogP contribution in [0.15, 0.2) is 59.8 Å². The van der Waals surface area contributed by atoms with Crippen molar-refractivity contribution in [3.8, 4) is 5.75 Å². The normalized spacial score (nSPS) is 20.0. The number of ketones is 1. The Kier molecular flexibility index (Phi) is 5.02. The summed E-state index contributed by atoms with van der Waals surface area (Å²) < 4.78 is 5.27. The molecule has 1 aliphatic carbocycles. The van der Waals surface area contributed by atoms with Crippen molar-refractivity contribution in [1.82, 2.24) is 0 Å². The molecule has 0 amide bonds. The third kappa shape index (κ3) is 3.65. The van der Waals surface area contributed by atoms with Crippen LogP contribution in [0.2, 0.25) is 0 Å². The molecule has 0 bridgehead atoms. The number of carboxylic acid groups (broad SMARTS) is 1. The minimum absolute atomic E-state index is 0.0331. The van der Waals surface area contributed by atoms with E-state index in [-0.39, 0.29) is 17.7 Å². The number of rotatable bonds is 4. The SMILES string of the molecule is COc1ccc(C2C3=C(CC(C)(C)CC3=O)Nc3ccccc3N2CC(=O)[O-])cc1. The van der Waals surface area contributed by atoms with Gasteiger partial charge >= 0.3 is 0 Å². The Morgan fingerprint density at radius 2 is 1.87 bits per heavy atom. The van der Waals surface area contributed by atoms with Crippen LogP contribution >= 0.6 is 0 Å². The number of anilines is 2. The Labute approximate surface area is 176 Å². The molecule has 4 rings (SSSR count). The lowest BCUT2D eigenvalue weighted by Gasteiger charge is -2.38. The third-order valence-electron chi connectivity index (χ3n) is 5.74. The molecule has 6 nitrogen and oxygen atoms in total. The van der Waals surface area contributed by atoms with Crippen molar-refractivity contribution in [3.05, 3.63) is 65.4 Å². The zero-order chi connectivity index (χ0) is 21.5. The zero-order valence-electron chi connectivity index (χ0n) is 17.4. The molecule has 1 atom stereocenters. The minimum atomic E-state index is -1.20. The monoisotopic (exact) mass is 405 g/mol. The number of ether oxygens (including phenoxy) is 1. The number of methoxy groups -OCH3 is 1. The number of nitrogens with zero attached hydrogens (tertiary/aromatic N) is 1. The summed E-state index contributed by atoms with van der Waals surface area (Å²) in [6.45, 7) is 3.83. The van der Waals surface area contributed by atoms with E-state index < -0.39 is 12.0 Å². The molecule has 0 fully saturated rings. The van der Waals surface area contributed by atoms with Gasteiger partial charge in [-0.1, -0.05) is 38.1 Å². The number of carboxylic acids is 1. The maximum absolute atomic E-state index is 13.4. The van der Waals surface area contributed by atoms with Crippen LogP contribution in [0.3, 0.4) is 0 Å². The van der Waals surface area contributed by atoms with Crippen molar-refractivity contribution in [2.24, 2.45) is 5.41 Å². The molecule has 0 aromatic heterocycles. The summed E-state index contributed by atoms with van der Waals surface area (Å²) in [6.07, 6.45) is 1.11. The van der Waals surface area contributed by atoms with E-state index in [0.29, 0.717) is 24.2 Å². The van der Waals surface area contributed by atoms with Crippen molar-refractivity contribution in [3.63, 3.8) is 0 Å². The standard InChI is InChI=1S/C24H26N2O4/c1-24(2)12-18-22(20(27)13-24)23(15-8-10-16(30-3)11-9-15)26(14-21(28)29)19-7-5-4-6-17(19)25-18/h4-11,23,25H,12-14H2,1-3H3,(H,28,29)/p-1. The lowest BCUT2D eigenvalue weighted by Crippen LogP contribution is -2.42. The molecule has 2 aliphatic rings. The van der Waals surface area contributed by atoms with Crippen LogP contribution in [0.25, 0.3) is 0 Å². The number of hydrogen-bond acceptors (Lipinski definition) is 6. The highest BCUT2D eigenvalue weighted by Crippen LogP contribution is 2.48. The smallest absolute Gasteiger partial charge is 0.163 e. The highest BCUT2D eigenvalue weighted by atomic mass is 16.5. The molecule has 1 unspecified atom stereocenters. The summed E-state index contributed by atoms with van der Waals surface area (Å²) >= 11 is 0. The number of benzene rings is 2. The lowest BCUT2D eigenvalue weighted by molar-refractivity contribution is -0.303. The van der Waals surface area contributed by atoms with Crippen molar-refractivity contribution in [2.75, 3.05) is 23.9 Å². The lowest BCUT2D eigenvalue weighted by atomic mass is 9.73. The first-order chi connectivity index (χ1) is 14.3. The van der Waals surface area contributed by atoms with E-state index in [2.05, 4.69) is 19.2 Å². The van der Waals surface area contributed by atoms with E-state index in [4.69, 9.17) is 4.74 Å². The van der Waals surface area contributed by atoms with Crippen LogP contribution in [-0.2, 0) is 9.59 Å². The number of hydrogen-bond donors (Lipinski definition) is 1. The fraction of sp³-hybridized carbons (Fsp3) is 0.333. The second-order valence-electron chi connectivity index (χ2n) is 8.65. The maximum Gasteiger partial charge on any atom is 0.163 e. The van der Waals surface area contributed by atoms with Crippen LogP contribution in [0.5, 0.6) is 5.75 Å². The molecule has 0 saturated heterocycles. The molecule has 1 heterocycles. The molecule has 156 valence electrons. The number of nitrogens with one attached hydrogen (secondary N) is 1. The predicted octanol–water partition coefficient (Wildman–Crippen LogP) is 3.06. The van der Waals surface area contributed by atoms with Gasteiger partial charge in [0.25, 0.3) is 0 Å². The quantitative estimate of drug-likeness (QED) is 0.842. The summed E-state index contributed by atoms with van der Waals surface area (Å²) in [5.74, 6) is -0.468. The Morgan fingerprint density at radius 1 is 1.17 bits per heavy atom. The van der Waals surface area contributed by atoms with Crippen LogP contribution in [-0.4, -0.2) is 25.4 Å². The van der Waals surface area contributed by atoms with Gasteiger partial charge in [0.1, 0.15) is 5.75 Å². The van der Waals surface area contributed by atoms with Gasteiger partial charge in [-0.2, -0.15) is 0 Å². The topological polar surface area (TPSA) is 81.7 Å². The molecule has 0 radical (unpaired) electrons. The van der Waals surface area contributed by atoms with Gasteiger partial charge < -0.3 is 24.9 Å². The summed E-state index contributed by atoms with van der Waals surface area (Å²) in [6, 6.07) is 14.4. The predicted molar refractivity (Wildman–Crippen MR) is 113 cm³/mol. The number of Topliss-reactive ketones (excluding diaryl/α,β-unsaturated/α-hetero) is 1. The zero-order valence-corrected chi connectivity index (χ0v) is 17.4. The molecule has 2 aromatic rings. The molecule has 30 heavy (non-hydrogen) atoms. The largest absolute Gasteiger partial charge is 0.548 e. The summed E-state index contributed by atoms with van der Waals surface area (Å²) in [5.41, 5.74) is 3.64. The van der Waals surface area contributed by atoms with E-state index in [1.807, 2.05) is 48.5 Å². The van der Waals surface area contributed by atoms with E-state index in [1.54, 1.807) is 12.0 Å². The Balaban J connectivity index is 1.96. The average Bonchev–Trinajstić information content (AvgIpc) is 2.81. The van der Waals surface area contributed by atoms with Gasteiger partial charge in [-0.05, 0) is 41.7 Å². The first-order valence-electron chi connectivity index (χ1n) is 10.0. The number of carbonyl (C=O) groups is 2. The Bertz CT molecular complexity index is 1020. The van der Waals surface area contributed by atoms with Gasteiger partial charge in [-0.15, -0.1) is 0 Å². The fourth-order valence-corrected chi connectivity index (χ4v) is 4.50. The molecule has 6 heteroatoms. The van der Waals surface area contributed by atoms with Crippen LogP contribution in [0.4, 0.5) is 11.4 Å². The molecule has 2 aromatic carbocycles. The number of allylic oxidation sites excluding steroid dienone is 1. The maximum atomic E-state index is 13.4. The fourth-order valence-electron chi connectivity index (χ4n) is 4.50. The van der Waals surface area contributed by atoms with Crippen molar-refractivity contribution in [2.45, 2.75) is 32.7 Å². The molecular formula is C24H25N2O4-. The van der Waals surface area contributed by atoms with E-state index in [9.17, 15) is 14.7 Å². The van der Waals surface area contributed by atoms with Gasteiger partial charge in [0.05, 0.1) is 37.0 Å². The van der Waals surface area contributed by atoms with Gasteiger partial charge in [-0.3, -0.25) is 4.79 Å². The number of aliphatic carboxylic acids is 1. The average molecular weight is 405 g/mol. The van der Waals surface area contributed by atoms with Gasteiger partial charge in [-0.25, -0.2) is 0 Å². The van der Waals surface area contributed by atoms with Crippen molar-refractivity contribution in [1.29, 1.82) is 0 Å². The second-order valence-corrected chi connectivity index (χ2v) is 8.65. The highest BCUT2D eigenvalue weighted by Gasteiger charge is 2.41. The highest BCUT2D eigenvalue weighted by molar-refractivity contribution is 6.01. The summed E-state index contributed by atoms with van der Waals surface area (Å²) in [7, 11) is 1.59. The van der Waals surface area contributed by atoms with Crippen LogP contribution < -0.4 is 20.1 Å². The van der Waals surface area contributed by atoms with Crippen LogP contribution in [0, 0.1) is 5.41 Å². The first kappa shape index (κ1) is 20.0. The van der Waals surface area contributed by atoms with Crippen LogP contribution in [0.1, 0.15) is 38.3 Å². The molecule has 0 spiro atoms. The van der Waals surface area contributed by atoms with Crippen molar-refractivity contribution >= 4 is 23.1 Å². The van der Waals surface area contributed by atoms with Gasteiger partial charge in [0, 0.05) is 17.7 Å². The molecule has 0 saturated carbocycles. The third-order valence-corrected chi connectivity index (χ3v) is 5.74. The van der Waals surface area contributed by atoms with Crippen molar-refractivity contribution < 1.29 is 19.4 Å². The van der Waals surface area contributed by atoms with E-state index in [1.165, 1.54) is 0 Å². The van der Waals surface area contributed by atoms with E-state index in [0.717, 1.165) is 22.6 Å². The molecule has 1 N–H and O–H groups in total.